The van der Waals surface area contributed by atoms with Gasteiger partial charge in [-0.2, -0.15) is 0 Å². The van der Waals surface area contributed by atoms with Crippen LogP contribution in [0.2, 0.25) is 0 Å². The van der Waals surface area contributed by atoms with E-state index in [0.29, 0.717) is 12.8 Å². The molecule has 0 saturated carbocycles. The number of ketones is 1. The monoisotopic (exact) mass is 228 g/mol. The van der Waals surface area contributed by atoms with Gasteiger partial charge in [0.25, 0.3) is 0 Å². The van der Waals surface area contributed by atoms with E-state index in [-0.39, 0.29) is 5.78 Å². The molecule has 0 bridgehead atoms. The van der Waals surface area contributed by atoms with E-state index in [4.69, 9.17) is 4.74 Å². The van der Waals surface area contributed by atoms with Gasteiger partial charge in [-0.25, -0.2) is 0 Å². The normalized spacial score (nSPS) is 10.5. The largest absolute Gasteiger partial charge is 0.496 e. The summed E-state index contributed by atoms with van der Waals surface area (Å²) in [6.07, 6.45) is 1.06. The SMILES string of the molecule is CCC(=O)Cc1cc(OC)c2ccccc2c1. The van der Waals surface area contributed by atoms with Crippen molar-refractivity contribution in [1.82, 2.24) is 0 Å². The first-order chi connectivity index (χ1) is 8.24. The average Bonchev–Trinajstić information content (AvgIpc) is 2.37. The maximum Gasteiger partial charge on any atom is 0.136 e. The van der Waals surface area contributed by atoms with E-state index in [2.05, 4.69) is 6.07 Å². The Morgan fingerprint density at radius 2 is 2.00 bits per heavy atom. The Balaban J connectivity index is 2.48. The number of carbonyl (C=O) groups is 1. The van der Waals surface area contributed by atoms with Crippen molar-refractivity contribution in [2.75, 3.05) is 7.11 Å². The summed E-state index contributed by atoms with van der Waals surface area (Å²) < 4.78 is 5.37. The molecular formula is C15H16O2. The van der Waals surface area contributed by atoms with Gasteiger partial charge in [0.1, 0.15) is 11.5 Å². The van der Waals surface area contributed by atoms with Crippen LogP contribution in [0.5, 0.6) is 5.75 Å². The second-order valence-corrected chi connectivity index (χ2v) is 4.09. The van der Waals surface area contributed by atoms with Crippen LogP contribution in [0.25, 0.3) is 10.8 Å². The molecule has 0 spiro atoms. The summed E-state index contributed by atoms with van der Waals surface area (Å²) in [7, 11) is 1.66. The zero-order chi connectivity index (χ0) is 12.3. The fraction of sp³-hybridized carbons (Fsp3) is 0.267. The third-order valence-corrected chi connectivity index (χ3v) is 2.90. The molecule has 0 N–H and O–H groups in total. The molecule has 0 saturated heterocycles. The summed E-state index contributed by atoms with van der Waals surface area (Å²) in [6.45, 7) is 1.89. The van der Waals surface area contributed by atoms with Crippen molar-refractivity contribution < 1.29 is 9.53 Å². The molecule has 2 aromatic rings. The second-order valence-electron chi connectivity index (χ2n) is 4.09. The summed E-state index contributed by atoms with van der Waals surface area (Å²) in [5.41, 5.74) is 1.02. The molecular weight excluding hydrogens is 212 g/mol. The number of benzene rings is 2. The molecule has 2 heteroatoms. The Bertz CT molecular complexity index is 544. The van der Waals surface area contributed by atoms with Gasteiger partial charge in [-0.15, -0.1) is 0 Å². The highest BCUT2D eigenvalue weighted by atomic mass is 16.5. The summed E-state index contributed by atoms with van der Waals surface area (Å²) in [5, 5.41) is 2.20. The lowest BCUT2D eigenvalue weighted by atomic mass is 10.0. The number of methoxy groups -OCH3 is 1. The van der Waals surface area contributed by atoms with Gasteiger partial charge in [0.05, 0.1) is 7.11 Å². The highest BCUT2D eigenvalue weighted by molar-refractivity contribution is 5.90. The molecule has 88 valence electrons. The van der Waals surface area contributed by atoms with E-state index in [0.717, 1.165) is 22.1 Å². The Morgan fingerprint density at radius 1 is 1.24 bits per heavy atom. The van der Waals surface area contributed by atoms with Crippen LogP contribution in [0.1, 0.15) is 18.9 Å². The standard InChI is InChI=1S/C15H16O2/c1-3-13(16)9-11-8-12-6-4-5-7-14(12)15(10-11)17-2/h4-8,10H,3,9H2,1-2H3. The molecule has 0 aliphatic heterocycles. The van der Waals surface area contributed by atoms with E-state index in [9.17, 15) is 4.79 Å². The fourth-order valence-electron chi connectivity index (χ4n) is 1.96. The first kappa shape index (κ1) is 11.6. The summed E-state index contributed by atoms with van der Waals surface area (Å²) >= 11 is 0. The van der Waals surface area contributed by atoms with E-state index in [1.165, 1.54) is 0 Å². The van der Waals surface area contributed by atoms with Crippen LogP contribution in [0, 0.1) is 0 Å². The van der Waals surface area contributed by atoms with Gasteiger partial charge in [0.15, 0.2) is 0 Å². The highest BCUT2D eigenvalue weighted by Gasteiger charge is 2.06. The smallest absolute Gasteiger partial charge is 0.136 e. The van der Waals surface area contributed by atoms with E-state index >= 15 is 0 Å². The third kappa shape index (κ3) is 2.47. The molecule has 0 amide bonds. The summed E-state index contributed by atoms with van der Waals surface area (Å²) in [4.78, 5) is 11.5. The quantitative estimate of drug-likeness (QED) is 0.802. The van der Waals surface area contributed by atoms with Crippen LogP contribution >= 0.6 is 0 Å². The first-order valence-electron chi connectivity index (χ1n) is 5.82. The lowest BCUT2D eigenvalue weighted by Gasteiger charge is -2.08. The second kappa shape index (κ2) is 5.00. The predicted molar refractivity (Wildman–Crippen MR) is 69.5 cm³/mol. The zero-order valence-corrected chi connectivity index (χ0v) is 10.2. The van der Waals surface area contributed by atoms with Gasteiger partial charge in [-0.3, -0.25) is 4.79 Å². The average molecular weight is 228 g/mol. The van der Waals surface area contributed by atoms with Crippen molar-refractivity contribution in [3.8, 4) is 5.75 Å². The molecule has 2 aromatic carbocycles. The van der Waals surface area contributed by atoms with Crippen molar-refractivity contribution in [1.29, 1.82) is 0 Å². The van der Waals surface area contributed by atoms with Gasteiger partial charge in [0.2, 0.25) is 0 Å². The summed E-state index contributed by atoms with van der Waals surface area (Å²) in [6, 6.07) is 12.1. The van der Waals surface area contributed by atoms with Crippen molar-refractivity contribution in [3.05, 3.63) is 42.0 Å². The molecule has 17 heavy (non-hydrogen) atoms. The first-order valence-corrected chi connectivity index (χ1v) is 5.82. The van der Waals surface area contributed by atoms with Gasteiger partial charge in [0, 0.05) is 18.2 Å². The molecule has 0 unspecified atom stereocenters. The van der Waals surface area contributed by atoms with Crippen molar-refractivity contribution >= 4 is 16.6 Å². The molecule has 0 aromatic heterocycles. The van der Waals surface area contributed by atoms with E-state index < -0.39 is 0 Å². The van der Waals surface area contributed by atoms with Crippen LogP contribution in [0.4, 0.5) is 0 Å². The molecule has 0 aliphatic carbocycles. The molecule has 0 radical (unpaired) electrons. The third-order valence-electron chi connectivity index (χ3n) is 2.90. The van der Waals surface area contributed by atoms with Crippen LogP contribution < -0.4 is 4.74 Å². The molecule has 2 rings (SSSR count). The minimum Gasteiger partial charge on any atom is -0.496 e. The van der Waals surface area contributed by atoms with Crippen LogP contribution in [0.15, 0.2) is 36.4 Å². The number of Topliss-reactive ketones (excluding diaryl/α,β-unsaturated/α-hetero) is 1. The molecule has 0 atom stereocenters. The minimum absolute atomic E-state index is 0.252. The van der Waals surface area contributed by atoms with Crippen molar-refractivity contribution in [3.63, 3.8) is 0 Å². The van der Waals surface area contributed by atoms with Gasteiger partial charge in [-0.1, -0.05) is 37.3 Å². The molecule has 0 fully saturated rings. The Labute approximate surface area is 101 Å². The molecule has 0 aliphatic rings. The van der Waals surface area contributed by atoms with E-state index in [1.807, 2.05) is 37.3 Å². The predicted octanol–water partition coefficient (Wildman–Crippen LogP) is 3.37. The number of ether oxygens (including phenoxy) is 1. The van der Waals surface area contributed by atoms with Crippen LogP contribution in [-0.2, 0) is 11.2 Å². The maximum atomic E-state index is 11.5. The Kier molecular flexibility index (Phi) is 3.43. The Hall–Kier alpha value is -1.83. The van der Waals surface area contributed by atoms with Crippen molar-refractivity contribution in [2.45, 2.75) is 19.8 Å². The molecule has 2 nitrogen and oxygen atoms in total. The minimum atomic E-state index is 0.252. The number of hydrogen-bond acceptors (Lipinski definition) is 2. The van der Waals surface area contributed by atoms with Gasteiger partial charge < -0.3 is 4.74 Å². The fourth-order valence-corrected chi connectivity index (χ4v) is 1.96. The lowest BCUT2D eigenvalue weighted by molar-refractivity contribution is -0.118. The topological polar surface area (TPSA) is 26.3 Å². The van der Waals surface area contributed by atoms with Gasteiger partial charge in [-0.05, 0) is 17.0 Å². The number of hydrogen-bond donors (Lipinski definition) is 0. The number of carbonyl (C=O) groups excluding carboxylic acids is 1. The number of rotatable bonds is 4. The van der Waals surface area contributed by atoms with Crippen molar-refractivity contribution in [2.24, 2.45) is 0 Å². The van der Waals surface area contributed by atoms with E-state index in [1.54, 1.807) is 7.11 Å². The zero-order valence-electron chi connectivity index (χ0n) is 10.2. The summed E-state index contributed by atoms with van der Waals surface area (Å²) in [5.74, 6) is 1.09. The van der Waals surface area contributed by atoms with Gasteiger partial charge >= 0.3 is 0 Å². The van der Waals surface area contributed by atoms with Crippen LogP contribution in [0.3, 0.4) is 0 Å². The van der Waals surface area contributed by atoms with Crippen LogP contribution in [-0.4, -0.2) is 12.9 Å². The maximum absolute atomic E-state index is 11.5. The number of fused-ring (bicyclic) bond motifs is 1. The highest BCUT2D eigenvalue weighted by Crippen LogP contribution is 2.27. The lowest BCUT2D eigenvalue weighted by Crippen LogP contribution is -2.00. The molecule has 0 heterocycles. The Morgan fingerprint density at radius 3 is 2.71 bits per heavy atom.